The Morgan fingerprint density at radius 2 is 1.94 bits per heavy atom. The average molecular weight is 222 g/mol. The van der Waals surface area contributed by atoms with Crippen molar-refractivity contribution in [3.05, 3.63) is 47.5 Å². The predicted molar refractivity (Wildman–Crippen MR) is 58.1 cm³/mol. The number of hydrogen-bond acceptors (Lipinski definition) is 4. The van der Waals surface area contributed by atoms with Crippen LogP contribution in [0.3, 0.4) is 0 Å². The number of nitrogens with one attached hydrogen (secondary N) is 3. The van der Waals surface area contributed by atoms with Crippen LogP contribution in [0.2, 0.25) is 0 Å². The van der Waals surface area contributed by atoms with Crippen LogP contribution in [0.25, 0.3) is 0 Å². The molecule has 5 N–H and O–H groups in total. The van der Waals surface area contributed by atoms with E-state index < -0.39 is 17.6 Å². The third kappa shape index (κ3) is 3.09. The smallest absolute Gasteiger partial charge is 0.269 e. The number of carbonyl (C=O) groups excluding carboxylic acids is 1. The topological polar surface area (TPSA) is 91.0 Å². The molecule has 1 amide bonds. The van der Waals surface area contributed by atoms with Crippen LogP contribution in [0.15, 0.2) is 42.0 Å². The van der Waals surface area contributed by atoms with Crippen LogP contribution >= 0.6 is 0 Å². The first-order valence-corrected chi connectivity index (χ1v) is 4.42. The van der Waals surface area contributed by atoms with Crippen LogP contribution in [0.1, 0.15) is 10.4 Å². The summed E-state index contributed by atoms with van der Waals surface area (Å²) in [5.74, 6) is -1.81. The second kappa shape index (κ2) is 5.50. The molecule has 0 spiro atoms. The second-order valence-electron chi connectivity index (χ2n) is 2.85. The molecule has 0 aliphatic heterocycles. The number of hydrazine groups is 1. The van der Waals surface area contributed by atoms with Gasteiger partial charge in [-0.25, -0.2) is 4.39 Å². The number of halogens is 1. The minimum atomic E-state index is -0.951. The molecule has 0 atom stereocenters. The molecule has 1 rings (SSSR count). The van der Waals surface area contributed by atoms with Gasteiger partial charge in [0.25, 0.3) is 5.91 Å². The molecular formula is C10H11FN4O. The van der Waals surface area contributed by atoms with Gasteiger partial charge in [0.1, 0.15) is 0 Å². The molecule has 84 valence electrons. The van der Waals surface area contributed by atoms with E-state index in [0.717, 1.165) is 0 Å². The van der Waals surface area contributed by atoms with Gasteiger partial charge in [0, 0.05) is 5.56 Å². The van der Waals surface area contributed by atoms with E-state index in [0.29, 0.717) is 11.8 Å². The van der Waals surface area contributed by atoms with Gasteiger partial charge in [0.15, 0.2) is 11.6 Å². The Hall–Kier alpha value is -2.37. The van der Waals surface area contributed by atoms with Crippen molar-refractivity contribution in [3.63, 3.8) is 0 Å². The molecule has 0 radical (unpaired) electrons. The summed E-state index contributed by atoms with van der Waals surface area (Å²) in [5, 5.41) is 6.60. The zero-order valence-corrected chi connectivity index (χ0v) is 8.33. The van der Waals surface area contributed by atoms with Crippen molar-refractivity contribution in [1.29, 1.82) is 5.41 Å². The fourth-order valence-electron chi connectivity index (χ4n) is 0.923. The van der Waals surface area contributed by atoms with Crippen molar-refractivity contribution in [1.82, 2.24) is 10.9 Å². The fourth-order valence-corrected chi connectivity index (χ4v) is 0.923. The minimum absolute atomic E-state index is 0.415. The van der Waals surface area contributed by atoms with Crippen molar-refractivity contribution >= 4 is 12.1 Å². The quantitative estimate of drug-likeness (QED) is 0.445. The van der Waals surface area contributed by atoms with Crippen LogP contribution in [0.4, 0.5) is 4.39 Å². The highest BCUT2D eigenvalue weighted by Gasteiger charge is 2.04. The molecule has 0 aliphatic carbocycles. The van der Waals surface area contributed by atoms with Crippen LogP contribution < -0.4 is 16.6 Å². The molecule has 5 nitrogen and oxygen atoms in total. The maximum absolute atomic E-state index is 12.7. The van der Waals surface area contributed by atoms with Gasteiger partial charge in [-0.05, 0) is 12.1 Å². The van der Waals surface area contributed by atoms with Crippen LogP contribution in [0, 0.1) is 5.41 Å². The molecule has 0 unspecified atom stereocenters. The number of nitrogens with two attached hydrogens (primary N) is 1. The molecular weight excluding hydrogens is 211 g/mol. The third-order valence-electron chi connectivity index (χ3n) is 1.73. The summed E-state index contributed by atoms with van der Waals surface area (Å²) in [6.07, 6.45) is 0.441. The summed E-state index contributed by atoms with van der Waals surface area (Å²) in [6.45, 7) is 0. The van der Waals surface area contributed by atoms with E-state index in [9.17, 15) is 9.18 Å². The van der Waals surface area contributed by atoms with Gasteiger partial charge in [0.05, 0.1) is 6.21 Å². The first-order valence-electron chi connectivity index (χ1n) is 4.42. The predicted octanol–water partition coefficient (Wildman–Crippen LogP) is 0.668. The zero-order chi connectivity index (χ0) is 12.0. The first-order chi connectivity index (χ1) is 7.65. The van der Waals surface area contributed by atoms with Gasteiger partial charge in [-0.15, -0.1) is 0 Å². The summed E-state index contributed by atoms with van der Waals surface area (Å²) in [6, 6.07) is 8.37. The lowest BCUT2D eigenvalue weighted by atomic mass is 10.2. The van der Waals surface area contributed by atoms with Crippen molar-refractivity contribution < 1.29 is 9.18 Å². The molecule has 6 heteroatoms. The Bertz CT molecular complexity index is 416. The van der Waals surface area contributed by atoms with E-state index in [4.69, 9.17) is 11.1 Å². The van der Waals surface area contributed by atoms with Crippen LogP contribution in [0.5, 0.6) is 0 Å². The molecule has 0 heterocycles. The number of amides is 1. The summed E-state index contributed by atoms with van der Waals surface area (Å²) in [4.78, 5) is 11.4. The standard InChI is InChI=1S/C10H11FN4O/c11-8(6-12)9(13)14-15-10(16)7-4-2-1-3-5-7/h1-6,12,14H,13H2,(H,15,16)/b9-8-,12-6?. The highest BCUT2D eigenvalue weighted by atomic mass is 19.1. The van der Waals surface area contributed by atoms with Gasteiger partial charge in [-0.1, -0.05) is 18.2 Å². The molecule has 0 saturated carbocycles. The molecule has 1 aromatic rings. The van der Waals surface area contributed by atoms with Crippen molar-refractivity contribution in [2.75, 3.05) is 0 Å². The molecule has 16 heavy (non-hydrogen) atoms. The van der Waals surface area contributed by atoms with E-state index in [-0.39, 0.29) is 0 Å². The molecule has 0 aromatic heterocycles. The van der Waals surface area contributed by atoms with Crippen molar-refractivity contribution in [2.24, 2.45) is 5.73 Å². The Morgan fingerprint density at radius 1 is 1.31 bits per heavy atom. The zero-order valence-electron chi connectivity index (χ0n) is 8.33. The number of rotatable bonds is 4. The van der Waals surface area contributed by atoms with E-state index >= 15 is 0 Å². The maximum atomic E-state index is 12.7. The van der Waals surface area contributed by atoms with Gasteiger partial charge in [-0.3, -0.25) is 15.6 Å². The largest absolute Gasteiger partial charge is 0.382 e. The third-order valence-corrected chi connectivity index (χ3v) is 1.73. The highest BCUT2D eigenvalue weighted by Crippen LogP contribution is 1.97. The fraction of sp³-hybridized carbons (Fsp3) is 0. The number of hydrogen-bond donors (Lipinski definition) is 4. The monoisotopic (exact) mass is 222 g/mol. The van der Waals surface area contributed by atoms with E-state index in [1.54, 1.807) is 30.3 Å². The minimum Gasteiger partial charge on any atom is -0.382 e. The summed E-state index contributed by atoms with van der Waals surface area (Å²) in [5.41, 5.74) is 9.96. The molecule has 0 fully saturated rings. The normalized spacial score (nSPS) is 11.3. The second-order valence-corrected chi connectivity index (χ2v) is 2.85. The van der Waals surface area contributed by atoms with E-state index in [1.165, 1.54) is 0 Å². The Balaban J connectivity index is 2.58. The molecule has 0 saturated heterocycles. The summed E-state index contributed by atoms with van der Waals surface area (Å²) in [7, 11) is 0. The van der Waals surface area contributed by atoms with Gasteiger partial charge < -0.3 is 11.1 Å². The number of carbonyl (C=O) groups is 1. The van der Waals surface area contributed by atoms with Crippen molar-refractivity contribution in [2.45, 2.75) is 0 Å². The maximum Gasteiger partial charge on any atom is 0.269 e. The van der Waals surface area contributed by atoms with Gasteiger partial charge >= 0.3 is 0 Å². The average Bonchev–Trinajstić information content (AvgIpc) is 2.35. The van der Waals surface area contributed by atoms with Crippen molar-refractivity contribution in [3.8, 4) is 0 Å². The van der Waals surface area contributed by atoms with E-state index in [2.05, 4.69) is 10.9 Å². The molecule has 0 bridgehead atoms. The number of benzene rings is 1. The molecule has 0 aliphatic rings. The number of allylic oxidation sites excluding steroid dienone is 1. The Kier molecular flexibility index (Phi) is 4.02. The van der Waals surface area contributed by atoms with Crippen LogP contribution in [-0.2, 0) is 0 Å². The summed E-state index contributed by atoms with van der Waals surface area (Å²) >= 11 is 0. The Labute approximate surface area is 91.6 Å². The van der Waals surface area contributed by atoms with Crippen LogP contribution in [-0.4, -0.2) is 12.1 Å². The van der Waals surface area contributed by atoms with Gasteiger partial charge in [0.2, 0.25) is 0 Å². The lowest BCUT2D eigenvalue weighted by Gasteiger charge is -2.08. The Morgan fingerprint density at radius 3 is 2.50 bits per heavy atom. The molecule has 1 aromatic carbocycles. The van der Waals surface area contributed by atoms with Gasteiger partial charge in [-0.2, -0.15) is 0 Å². The first kappa shape index (κ1) is 11.7. The van der Waals surface area contributed by atoms with E-state index in [1.807, 2.05) is 0 Å². The summed E-state index contributed by atoms with van der Waals surface area (Å²) < 4.78 is 12.7. The highest BCUT2D eigenvalue weighted by molar-refractivity contribution is 5.93. The lowest BCUT2D eigenvalue weighted by Crippen LogP contribution is -2.39. The SMILES string of the molecule is N=C/C(F)=C(\N)NNC(=O)c1ccccc1. The lowest BCUT2D eigenvalue weighted by molar-refractivity contribution is 0.0938.